The normalized spacial score (nSPS) is 32.3. The van der Waals surface area contributed by atoms with Crippen LogP contribution in [0, 0.1) is 17.3 Å². The second-order valence-electron chi connectivity index (χ2n) is 7.61. The van der Waals surface area contributed by atoms with Crippen molar-refractivity contribution in [3.8, 4) is 0 Å². The van der Waals surface area contributed by atoms with E-state index in [1.165, 1.54) is 51.4 Å². The molecule has 3 aliphatic carbocycles. The third-order valence-electron chi connectivity index (χ3n) is 5.97. The quantitative estimate of drug-likeness (QED) is 0.484. The number of fused-ring (bicyclic) bond motifs is 3. The summed E-state index contributed by atoms with van der Waals surface area (Å²) < 4.78 is 0. The second kappa shape index (κ2) is 6.38. The van der Waals surface area contributed by atoms with Crippen LogP contribution in [0.15, 0.2) is 47.6 Å². The Labute approximate surface area is 130 Å². The number of allylic oxidation sites excluding steroid dienone is 8. The minimum absolute atomic E-state index is 0.339. The summed E-state index contributed by atoms with van der Waals surface area (Å²) in [5, 5.41) is 0. The van der Waals surface area contributed by atoms with Crippen LogP contribution in [-0.2, 0) is 0 Å². The maximum atomic E-state index is 2.49. The maximum Gasteiger partial charge on any atom is -0.00667 e. The highest BCUT2D eigenvalue weighted by atomic mass is 14.5. The molecule has 3 rings (SSSR count). The molecular weight excluding hydrogens is 252 g/mol. The van der Waals surface area contributed by atoms with Gasteiger partial charge < -0.3 is 0 Å². The van der Waals surface area contributed by atoms with E-state index in [4.69, 9.17) is 0 Å². The average Bonchev–Trinajstić information content (AvgIpc) is 2.62. The lowest BCUT2D eigenvalue weighted by Gasteiger charge is -2.31. The predicted octanol–water partition coefficient (Wildman–Crippen LogP) is 6.37. The van der Waals surface area contributed by atoms with Gasteiger partial charge in [0.25, 0.3) is 0 Å². The first-order valence-electron chi connectivity index (χ1n) is 8.97. The molecule has 0 saturated heterocycles. The monoisotopic (exact) mass is 282 g/mol. The van der Waals surface area contributed by atoms with Crippen molar-refractivity contribution in [2.75, 3.05) is 0 Å². The van der Waals surface area contributed by atoms with Crippen molar-refractivity contribution in [1.29, 1.82) is 0 Å². The number of rotatable bonds is 0. The fraction of sp³-hybridized carbons (Fsp3) is 0.619. The minimum Gasteiger partial charge on any atom is -0.0623 e. The molecule has 0 heteroatoms. The molecule has 0 radical (unpaired) electrons. The van der Waals surface area contributed by atoms with Crippen LogP contribution in [0.2, 0.25) is 0 Å². The zero-order chi connectivity index (χ0) is 14.7. The van der Waals surface area contributed by atoms with E-state index in [0.29, 0.717) is 5.41 Å². The van der Waals surface area contributed by atoms with Gasteiger partial charge in [0.2, 0.25) is 0 Å². The molecule has 2 unspecified atom stereocenters. The van der Waals surface area contributed by atoms with Crippen LogP contribution < -0.4 is 0 Å². The van der Waals surface area contributed by atoms with Crippen molar-refractivity contribution in [1.82, 2.24) is 0 Å². The van der Waals surface area contributed by atoms with Crippen LogP contribution in [0.3, 0.4) is 0 Å². The predicted molar refractivity (Wildman–Crippen MR) is 92.1 cm³/mol. The highest BCUT2D eigenvalue weighted by molar-refractivity contribution is 5.49. The fourth-order valence-corrected chi connectivity index (χ4v) is 4.81. The summed E-state index contributed by atoms with van der Waals surface area (Å²) in [5.74, 6) is 1.63. The molecule has 0 bridgehead atoms. The first-order valence-corrected chi connectivity index (χ1v) is 8.97. The van der Waals surface area contributed by atoms with Gasteiger partial charge in [-0.15, -0.1) is 0 Å². The summed E-state index contributed by atoms with van der Waals surface area (Å²) in [7, 11) is 0. The molecule has 0 aromatic heterocycles. The van der Waals surface area contributed by atoms with E-state index >= 15 is 0 Å². The Hall–Kier alpha value is -1.04. The van der Waals surface area contributed by atoms with Gasteiger partial charge in [0, 0.05) is 0 Å². The van der Waals surface area contributed by atoms with Gasteiger partial charge in [-0.25, -0.2) is 0 Å². The van der Waals surface area contributed by atoms with E-state index in [0.717, 1.165) is 11.8 Å². The van der Waals surface area contributed by atoms with Gasteiger partial charge in [0.1, 0.15) is 0 Å². The first kappa shape index (κ1) is 14.9. The fourth-order valence-electron chi connectivity index (χ4n) is 4.81. The summed E-state index contributed by atoms with van der Waals surface area (Å²) in [4.78, 5) is 0. The smallest absolute Gasteiger partial charge is 0.00667 e. The molecular formula is C21H30. The van der Waals surface area contributed by atoms with Gasteiger partial charge in [-0.2, -0.15) is 0 Å². The van der Waals surface area contributed by atoms with Crippen molar-refractivity contribution >= 4 is 0 Å². The first-order chi connectivity index (χ1) is 10.2. The molecule has 21 heavy (non-hydrogen) atoms. The third kappa shape index (κ3) is 2.96. The van der Waals surface area contributed by atoms with Crippen LogP contribution >= 0.6 is 0 Å². The van der Waals surface area contributed by atoms with Gasteiger partial charge in [0.05, 0.1) is 0 Å². The SMILES string of the molecule is CC1(C)C2=CC=CC=CC=C2C2CCCCCCCCC21. The van der Waals surface area contributed by atoms with E-state index in [2.05, 4.69) is 50.3 Å². The van der Waals surface area contributed by atoms with Crippen molar-refractivity contribution < 1.29 is 0 Å². The molecule has 0 nitrogen and oxygen atoms in total. The number of hydrogen-bond acceptors (Lipinski definition) is 0. The van der Waals surface area contributed by atoms with Crippen LogP contribution in [0.1, 0.15) is 65.2 Å². The lowest BCUT2D eigenvalue weighted by molar-refractivity contribution is 0.212. The molecule has 0 aromatic carbocycles. The highest BCUT2D eigenvalue weighted by Crippen LogP contribution is 2.57. The van der Waals surface area contributed by atoms with Crippen LogP contribution in [0.25, 0.3) is 0 Å². The Morgan fingerprint density at radius 3 is 2.14 bits per heavy atom. The molecule has 2 fully saturated rings. The summed E-state index contributed by atoms with van der Waals surface area (Å²) in [6.45, 7) is 4.98. The lowest BCUT2D eigenvalue weighted by atomic mass is 9.73. The van der Waals surface area contributed by atoms with E-state index in [1.807, 2.05) is 0 Å². The zero-order valence-corrected chi connectivity index (χ0v) is 13.8. The Morgan fingerprint density at radius 1 is 0.762 bits per heavy atom. The third-order valence-corrected chi connectivity index (χ3v) is 5.97. The molecule has 2 saturated carbocycles. The highest BCUT2D eigenvalue weighted by Gasteiger charge is 2.47. The zero-order valence-electron chi connectivity index (χ0n) is 13.8. The van der Waals surface area contributed by atoms with Crippen molar-refractivity contribution in [3.05, 3.63) is 47.6 Å². The molecule has 0 aromatic rings. The number of hydrogen-bond donors (Lipinski definition) is 0. The largest absolute Gasteiger partial charge is 0.0623 e. The van der Waals surface area contributed by atoms with Crippen molar-refractivity contribution in [2.45, 2.75) is 65.2 Å². The maximum absolute atomic E-state index is 2.49. The van der Waals surface area contributed by atoms with Crippen LogP contribution in [0.5, 0.6) is 0 Å². The minimum atomic E-state index is 0.339. The van der Waals surface area contributed by atoms with Gasteiger partial charge in [-0.1, -0.05) is 88.8 Å². The van der Waals surface area contributed by atoms with Gasteiger partial charge >= 0.3 is 0 Å². The van der Waals surface area contributed by atoms with E-state index in [-0.39, 0.29) is 0 Å². The van der Waals surface area contributed by atoms with Gasteiger partial charge in [0.15, 0.2) is 0 Å². The molecule has 0 amide bonds. The Kier molecular flexibility index (Phi) is 4.52. The summed E-state index contributed by atoms with van der Waals surface area (Å²) >= 11 is 0. The molecule has 0 N–H and O–H groups in total. The Bertz CT molecular complexity index is 484. The van der Waals surface area contributed by atoms with Gasteiger partial charge in [-0.3, -0.25) is 0 Å². The lowest BCUT2D eigenvalue weighted by Crippen LogP contribution is -2.23. The average molecular weight is 282 g/mol. The van der Waals surface area contributed by atoms with Crippen molar-refractivity contribution in [3.63, 3.8) is 0 Å². The second-order valence-corrected chi connectivity index (χ2v) is 7.61. The van der Waals surface area contributed by atoms with E-state index in [1.54, 1.807) is 11.1 Å². The summed E-state index contributed by atoms with van der Waals surface area (Å²) in [6.07, 6.45) is 25.0. The van der Waals surface area contributed by atoms with Crippen LogP contribution in [0.4, 0.5) is 0 Å². The molecule has 2 atom stereocenters. The molecule has 3 aliphatic rings. The molecule has 0 aliphatic heterocycles. The van der Waals surface area contributed by atoms with E-state index < -0.39 is 0 Å². The Morgan fingerprint density at radius 2 is 1.38 bits per heavy atom. The molecule has 0 heterocycles. The summed E-state index contributed by atoms with van der Waals surface area (Å²) in [5.41, 5.74) is 3.59. The summed E-state index contributed by atoms with van der Waals surface area (Å²) in [6, 6.07) is 0. The molecule has 114 valence electrons. The van der Waals surface area contributed by atoms with Crippen LogP contribution in [-0.4, -0.2) is 0 Å². The topological polar surface area (TPSA) is 0 Å². The standard InChI is InChI=1S/C21H30/c1-21(2)19-15-11-6-4-3-5-9-13-17(19)18-14-10-7-8-12-16-20(18)21/h7-8,10,12,14,16-17,19H,3-6,9,11,13,15H2,1-2H3. The van der Waals surface area contributed by atoms with Crippen molar-refractivity contribution in [2.24, 2.45) is 17.3 Å². The van der Waals surface area contributed by atoms with Gasteiger partial charge in [-0.05, 0) is 41.2 Å². The van der Waals surface area contributed by atoms with E-state index in [9.17, 15) is 0 Å². The molecule has 0 spiro atoms. The Balaban J connectivity index is 1.96.